The Morgan fingerprint density at radius 3 is 2.59 bits per heavy atom. The van der Waals surface area contributed by atoms with Gasteiger partial charge in [0, 0.05) is 0 Å². The molecule has 0 saturated carbocycles. The molecule has 0 aromatic carbocycles. The number of aryl methyl sites for hydroxylation is 1. The summed E-state index contributed by atoms with van der Waals surface area (Å²) >= 11 is 0. The number of fused-ring (bicyclic) bond motifs is 1. The van der Waals surface area contributed by atoms with Gasteiger partial charge in [-0.25, -0.2) is 4.68 Å². The van der Waals surface area contributed by atoms with Gasteiger partial charge in [-0.1, -0.05) is 0 Å². The first-order chi connectivity index (χ1) is 7.87. The highest BCUT2D eigenvalue weighted by atomic mass is 19.4. The van der Waals surface area contributed by atoms with Crippen molar-refractivity contribution in [1.29, 1.82) is 0 Å². The molecule has 0 atom stereocenters. The minimum absolute atomic E-state index is 0.0937. The molecule has 0 aliphatic rings. The SMILES string of the molecule is Nc1nc(N)c2cnn(CCC(F)(F)F)c2n1. The van der Waals surface area contributed by atoms with Gasteiger partial charge >= 0.3 is 6.18 Å². The molecular weight excluding hydrogens is 237 g/mol. The topological polar surface area (TPSA) is 95.6 Å². The molecule has 9 heteroatoms. The van der Waals surface area contributed by atoms with E-state index < -0.39 is 12.6 Å². The molecule has 92 valence electrons. The molecule has 2 heterocycles. The third-order valence-electron chi connectivity index (χ3n) is 2.15. The van der Waals surface area contributed by atoms with Gasteiger partial charge in [-0.15, -0.1) is 0 Å². The molecule has 2 aromatic heterocycles. The molecule has 6 nitrogen and oxygen atoms in total. The number of aromatic nitrogens is 4. The van der Waals surface area contributed by atoms with E-state index in [-0.39, 0.29) is 24.0 Å². The average molecular weight is 246 g/mol. The lowest BCUT2D eigenvalue weighted by atomic mass is 10.4. The number of anilines is 2. The second-order valence-electron chi connectivity index (χ2n) is 3.44. The van der Waals surface area contributed by atoms with Crippen molar-refractivity contribution >= 4 is 22.8 Å². The Balaban J connectivity index is 2.36. The minimum atomic E-state index is -4.25. The van der Waals surface area contributed by atoms with Crippen LogP contribution in [0.5, 0.6) is 0 Å². The predicted octanol–water partition coefficient (Wildman–Crippen LogP) is 0.943. The number of nitrogens with zero attached hydrogens (tertiary/aromatic N) is 4. The number of nitrogen functional groups attached to an aromatic ring is 2. The second kappa shape index (κ2) is 3.75. The summed E-state index contributed by atoms with van der Waals surface area (Å²) < 4.78 is 37.4. The van der Waals surface area contributed by atoms with Gasteiger partial charge in [-0.05, 0) is 0 Å². The Morgan fingerprint density at radius 2 is 1.94 bits per heavy atom. The van der Waals surface area contributed by atoms with Crippen molar-refractivity contribution in [2.24, 2.45) is 0 Å². The molecule has 0 bridgehead atoms. The van der Waals surface area contributed by atoms with Crippen molar-refractivity contribution < 1.29 is 13.2 Å². The molecular formula is C8H9F3N6. The summed E-state index contributed by atoms with van der Waals surface area (Å²) in [6.07, 6.45) is -3.92. The van der Waals surface area contributed by atoms with Gasteiger partial charge in [0.1, 0.15) is 5.82 Å². The molecule has 0 saturated heterocycles. The fraction of sp³-hybridized carbons (Fsp3) is 0.375. The molecule has 4 N–H and O–H groups in total. The highest BCUT2D eigenvalue weighted by Crippen LogP contribution is 2.23. The van der Waals surface area contributed by atoms with Crippen LogP contribution in [0.25, 0.3) is 11.0 Å². The lowest BCUT2D eigenvalue weighted by Gasteiger charge is -2.06. The van der Waals surface area contributed by atoms with Gasteiger partial charge in [0.2, 0.25) is 5.95 Å². The maximum Gasteiger partial charge on any atom is 0.390 e. The minimum Gasteiger partial charge on any atom is -0.383 e. The molecule has 0 aliphatic carbocycles. The van der Waals surface area contributed by atoms with Gasteiger partial charge < -0.3 is 11.5 Å². The first kappa shape index (κ1) is 11.4. The summed E-state index contributed by atoms with van der Waals surface area (Å²) in [6, 6.07) is 0. The van der Waals surface area contributed by atoms with E-state index in [9.17, 15) is 13.2 Å². The fourth-order valence-electron chi connectivity index (χ4n) is 1.39. The summed E-state index contributed by atoms with van der Waals surface area (Å²) in [4.78, 5) is 7.51. The Hall–Kier alpha value is -2.06. The quantitative estimate of drug-likeness (QED) is 0.822. The van der Waals surface area contributed by atoms with Crippen molar-refractivity contribution in [3.8, 4) is 0 Å². The Kier molecular flexibility index (Phi) is 2.52. The van der Waals surface area contributed by atoms with Crippen molar-refractivity contribution in [1.82, 2.24) is 19.7 Å². The van der Waals surface area contributed by atoms with Crippen molar-refractivity contribution in [2.75, 3.05) is 11.5 Å². The predicted molar refractivity (Wildman–Crippen MR) is 54.8 cm³/mol. The van der Waals surface area contributed by atoms with Gasteiger partial charge in [-0.2, -0.15) is 28.2 Å². The van der Waals surface area contributed by atoms with Crippen LogP contribution in [-0.4, -0.2) is 25.9 Å². The van der Waals surface area contributed by atoms with Gasteiger partial charge in [-0.3, -0.25) is 0 Å². The van der Waals surface area contributed by atoms with E-state index in [2.05, 4.69) is 15.1 Å². The zero-order valence-electron chi connectivity index (χ0n) is 8.57. The highest BCUT2D eigenvalue weighted by Gasteiger charge is 2.27. The monoisotopic (exact) mass is 246 g/mol. The van der Waals surface area contributed by atoms with Crippen LogP contribution in [0, 0.1) is 0 Å². The van der Waals surface area contributed by atoms with E-state index in [1.165, 1.54) is 6.20 Å². The van der Waals surface area contributed by atoms with Crippen LogP contribution in [0.15, 0.2) is 6.20 Å². The number of rotatable bonds is 2. The molecule has 0 radical (unpaired) electrons. The third-order valence-corrected chi connectivity index (χ3v) is 2.15. The summed E-state index contributed by atoms with van der Waals surface area (Å²) in [6.45, 7) is -0.330. The van der Waals surface area contributed by atoms with Crippen molar-refractivity contribution in [2.45, 2.75) is 19.1 Å². The normalized spacial score (nSPS) is 12.2. The molecule has 0 aliphatic heterocycles. The average Bonchev–Trinajstić information content (AvgIpc) is 2.57. The van der Waals surface area contributed by atoms with Gasteiger partial charge in [0.05, 0.1) is 24.5 Å². The number of hydrogen-bond donors (Lipinski definition) is 2. The van der Waals surface area contributed by atoms with Crippen LogP contribution >= 0.6 is 0 Å². The van der Waals surface area contributed by atoms with Crippen LogP contribution < -0.4 is 11.5 Å². The van der Waals surface area contributed by atoms with E-state index in [1.807, 2.05) is 0 Å². The van der Waals surface area contributed by atoms with Crippen LogP contribution in [-0.2, 0) is 6.54 Å². The van der Waals surface area contributed by atoms with E-state index in [0.717, 1.165) is 4.68 Å². The summed E-state index contributed by atoms with van der Waals surface area (Å²) in [5.41, 5.74) is 11.1. The third kappa shape index (κ3) is 2.37. The zero-order chi connectivity index (χ0) is 12.6. The standard InChI is InChI=1S/C8H9F3N6/c9-8(10,11)1-2-17-6-4(3-14-17)5(12)15-7(13)16-6/h3H,1-2H2,(H4,12,13,15,16). The van der Waals surface area contributed by atoms with Crippen LogP contribution in [0.1, 0.15) is 6.42 Å². The highest BCUT2D eigenvalue weighted by molar-refractivity contribution is 5.85. The Labute approximate surface area is 93.4 Å². The van der Waals surface area contributed by atoms with Gasteiger partial charge in [0.15, 0.2) is 5.65 Å². The van der Waals surface area contributed by atoms with Crippen molar-refractivity contribution in [3.63, 3.8) is 0 Å². The molecule has 17 heavy (non-hydrogen) atoms. The number of alkyl halides is 3. The van der Waals surface area contributed by atoms with Gasteiger partial charge in [0.25, 0.3) is 0 Å². The molecule has 2 aromatic rings. The molecule has 0 unspecified atom stereocenters. The lowest BCUT2D eigenvalue weighted by molar-refractivity contribution is -0.137. The number of halogens is 3. The summed E-state index contributed by atoms with van der Waals surface area (Å²) in [5, 5.41) is 4.17. The number of nitrogens with two attached hydrogens (primary N) is 2. The maximum absolute atomic E-state index is 12.1. The smallest absolute Gasteiger partial charge is 0.383 e. The Bertz CT molecular complexity index is 546. The van der Waals surface area contributed by atoms with E-state index in [0.29, 0.717) is 5.39 Å². The lowest BCUT2D eigenvalue weighted by Crippen LogP contribution is -2.13. The van der Waals surface area contributed by atoms with Crippen LogP contribution in [0.3, 0.4) is 0 Å². The fourth-order valence-corrected chi connectivity index (χ4v) is 1.39. The first-order valence-corrected chi connectivity index (χ1v) is 4.68. The molecule has 2 rings (SSSR count). The number of hydrogen-bond acceptors (Lipinski definition) is 5. The zero-order valence-corrected chi connectivity index (χ0v) is 8.57. The summed E-state index contributed by atoms with van der Waals surface area (Å²) in [5.74, 6) is 0.00881. The second-order valence-corrected chi connectivity index (χ2v) is 3.44. The van der Waals surface area contributed by atoms with E-state index in [1.54, 1.807) is 0 Å². The largest absolute Gasteiger partial charge is 0.390 e. The molecule has 0 spiro atoms. The molecule has 0 amide bonds. The Morgan fingerprint density at radius 1 is 1.24 bits per heavy atom. The van der Waals surface area contributed by atoms with E-state index >= 15 is 0 Å². The van der Waals surface area contributed by atoms with Crippen LogP contribution in [0.2, 0.25) is 0 Å². The maximum atomic E-state index is 12.1. The van der Waals surface area contributed by atoms with E-state index in [4.69, 9.17) is 11.5 Å². The molecule has 0 fully saturated rings. The van der Waals surface area contributed by atoms with Crippen LogP contribution in [0.4, 0.5) is 24.9 Å². The summed E-state index contributed by atoms with van der Waals surface area (Å²) in [7, 11) is 0. The van der Waals surface area contributed by atoms with Crippen molar-refractivity contribution in [3.05, 3.63) is 6.20 Å². The first-order valence-electron chi connectivity index (χ1n) is 4.68.